The highest BCUT2D eigenvalue weighted by Crippen LogP contribution is 2.30. The van der Waals surface area contributed by atoms with E-state index in [-0.39, 0.29) is 17.7 Å². The zero-order chi connectivity index (χ0) is 15.7. The average Bonchev–Trinajstić information content (AvgIpc) is 2.51. The molecule has 0 bridgehead atoms. The van der Waals surface area contributed by atoms with Gasteiger partial charge in [-0.15, -0.1) is 0 Å². The van der Waals surface area contributed by atoms with Crippen molar-refractivity contribution in [1.82, 2.24) is 0 Å². The van der Waals surface area contributed by atoms with Crippen LogP contribution in [0.15, 0.2) is 42.5 Å². The maximum absolute atomic E-state index is 12.3. The fraction of sp³-hybridized carbons (Fsp3) is 0.412. The van der Waals surface area contributed by atoms with E-state index in [0.29, 0.717) is 6.42 Å². The zero-order valence-electron chi connectivity index (χ0n) is 12.8. The van der Waals surface area contributed by atoms with Crippen molar-refractivity contribution in [2.24, 2.45) is 0 Å². The van der Waals surface area contributed by atoms with Crippen molar-refractivity contribution in [2.45, 2.75) is 45.0 Å². The standard InChI is InChI=1S/C17H22O3S/c1-4-6-12-17(3,21-15(18)5-2)16(19)20-13-14-10-8-7-9-11-14/h6-12H,4-5,13H2,1-3H3/t17-/m1/s1. The SMILES string of the molecule is CCC=C[C@@](C)(SC(=O)CC)C(=O)OCc1ccccc1. The molecule has 4 heteroatoms. The minimum Gasteiger partial charge on any atom is -0.460 e. The topological polar surface area (TPSA) is 43.4 Å². The van der Waals surface area contributed by atoms with Crippen LogP contribution in [0, 0.1) is 0 Å². The van der Waals surface area contributed by atoms with Crippen molar-refractivity contribution in [3.8, 4) is 0 Å². The molecule has 0 spiro atoms. The lowest BCUT2D eigenvalue weighted by Gasteiger charge is -2.22. The summed E-state index contributed by atoms with van der Waals surface area (Å²) in [5.74, 6) is -0.386. The van der Waals surface area contributed by atoms with E-state index in [9.17, 15) is 9.59 Å². The summed E-state index contributed by atoms with van der Waals surface area (Å²) >= 11 is 1.03. The summed E-state index contributed by atoms with van der Waals surface area (Å²) in [5.41, 5.74) is 0.930. The number of carbonyl (C=O) groups excluding carboxylic acids is 2. The lowest BCUT2D eigenvalue weighted by Crippen LogP contribution is -2.32. The van der Waals surface area contributed by atoms with Crippen LogP contribution in [0.2, 0.25) is 0 Å². The molecule has 3 nitrogen and oxygen atoms in total. The van der Waals surface area contributed by atoms with Gasteiger partial charge in [0.1, 0.15) is 11.4 Å². The quantitative estimate of drug-likeness (QED) is 0.561. The Hall–Kier alpha value is -1.55. The molecule has 0 saturated carbocycles. The lowest BCUT2D eigenvalue weighted by atomic mass is 10.1. The summed E-state index contributed by atoms with van der Waals surface area (Å²) in [6.07, 6.45) is 4.85. The first-order valence-electron chi connectivity index (χ1n) is 7.12. The fourth-order valence-electron chi connectivity index (χ4n) is 1.66. The van der Waals surface area contributed by atoms with Gasteiger partial charge in [-0.2, -0.15) is 0 Å². The molecular weight excluding hydrogens is 284 g/mol. The number of thioether (sulfide) groups is 1. The Labute approximate surface area is 130 Å². The van der Waals surface area contributed by atoms with Crippen LogP contribution in [0.25, 0.3) is 0 Å². The largest absolute Gasteiger partial charge is 0.460 e. The molecule has 0 aliphatic carbocycles. The van der Waals surface area contributed by atoms with Gasteiger partial charge in [-0.1, -0.05) is 68.1 Å². The maximum Gasteiger partial charge on any atom is 0.326 e. The number of hydrogen-bond donors (Lipinski definition) is 0. The Kier molecular flexibility index (Phi) is 7.23. The second-order valence-corrected chi connectivity index (χ2v) is 6.31. The van der Waals surface area contributed by atoms with Gasteiger partial charge in [-0.3, -0.25) is 9.59 Å². The third-order valence-corrected chi connectivity index (χ3v) is 4.15. The molecular formula is C17H22O3S. The third-order valence-electron chi connectivity index (χ3n) is 2.90. The molecule has 1 aromatic rings. The van der Waals surface area contributed by atoms with Crippen molar-refractivity contribution < 1.29 is 14.3 Å². The number of rotatable bonds is 7. The smallest absolute Gasteiger partial charge is 0.326 e. The Balaban J connectivity index is 2.75. The second kappa shape index (κ2) is 8.67. The molecule has 0 saturated heterocycles. The van der Waals surface area contributed by atoms with E-state index in [1.165, 1.54) is 0 Å². The van der Waals surface area contributed by atoms with E-state index >= 15 is 0 Å². The predicted octanol–water partition coefficient (Wildman–Crippen LogP) is 4.12. The van der Waals surface area contributed by atoms with Gasteiger partial charge < -0.3 is 4.74 Å². The van der Waals surface area contributed by atoms with Gasteiger partial charge >= 0.3 is 5.97 Å². The van der Waals surface area contributed by atoms with Gasteiger partial charge in [0, 0.05) is 6.42 Å². The molecule has 0 aromatic heterocycles. The minimum absolute atomic E-state index is 0.0186. The van der Waals surface area contributed by atoms with Gasteiger partial charge in [-0.25, -0.2) is 0 Å². The number of esters is 1. The molecule has 0 N–H and O–H groups in total. The highest BCUT2D eigenvalue weighted by molar-refractivity contribution is 8.15. The number of ether oxygens (including phenoxy) is 1. The molecule has 21 heavy (non-hydrogen) atoms. The van der Waals surface area contributed by atoms with Crippen LogP contribution in [0.3, 0.4) is 0 Å². The van der Waals surface area contributed by atoms with Crippen LogP contribution in [0.5, 0.6) is 0 Å². The first kappa shape index (κ1) is 17.5. The monoisotopic (exact) mass is 306 g/mol. The van der Waals surface area contributed by atoms with Crippen molar-refractivity contribution in [1.29, 1.82) is 0 Å². The Morgan fingerprint density at radius 3 is 2.48 bits per heavy atom. The summed E-state index contributed by atoms with van der Waals surface area (Å²) < 4.78 is 4.41. The summed E-state index contributed by atoms with van der Waals surface area (Å²) in [5, 5.41) is -0.0186. The molecule has 114 valence electrons. The molecule has 1 atom stereocenters. The van der Waals surface area contributed by atoms with Crippen molar-refractivity contribution in [2.75, 3.05) is 0 Å². The minimum atomic E-state index is -0.960. The highest BCUT2D eigenvalue weighted by Gasteiger charge is 2.35. The highest BCUT2D eigenvalue weighted by atomic mass is 32.2. The number of hydrogen-bond acceptors (Lipinski definition) is 4. The van der Waals surface area contributed by atoms with Gasteiger partial charge in [0.05, 0.1) is 0 Å². The van der Waals surface area contributed by atoms with Gasteiger partial charge in [0.2, 0.25) is 0 Å². The second-order valence-electron chi connectivity index (χ2n) is 4.81. The molecule has 0 aliphatic heterocycles. The zero-order valence-corrected chi connectivity index (χ0v) is 13.6. The summed E-state index contributed by atoms with van der Waals surface area (Å²) in [6, 6.07) is 9.51. The van der Waals surface area contributed by atoms with E-state index in [0.717, 1.165) is 23.7 Å². The first-order chi connectivity index (χ1) is 10.0. The third kappa shape index (κ3) is 5.76. The van der Waals surface area contributed by atoms with Crippen LogP contribution < -0.4 is 0 Å². The van der Waals surface area contributed by atoms with Crippen LogP contribution in [0.1, 0.15) is 39.2 Å². The van der Waals surface area contributed by atoms with E-state index in [4.69, 9.17) is 4.74 Å². The molecule has 0 aliphatic rings. The number of allylic oxidation sites excluding steroid dienone is 1. The maximum atomic E-state index is 12.3. The van der Waals surface area contributed by atoms with E-state index in [2.05, 4.69) is 0 Å². The Morgan fingerprint density at radius 2 is 1.90 bits per heavy atom. The van der Waals surface area contributed by atoms with Gasteiger partial charge in [0.25, 0.3) is 0 Å². The normalized spacial score (nSPS) is 13.9. The summed E-state index contributed by atoms with van der Waals surface area (Å²) in [4.78, 5) is 24.0. The van der Waals surface area contributed by atoms with Crippen LogP contribution in [-0.4, -0.2) is 15.8 Å². The van der Waals surface area contributed by atoms with E-state index < -0.39 is 4.75 Å². The van der Waals surface area contributed by atoms with E-state index in [1.54, 1.807) is 19.9 Å². The molecule has 0 amide bonds. The van der Waals surface area contributed by atoms with Gasteiger partial charge in [-0.05, 0) is 18.9 Å². The number of carbonyl (C=O) groups is 2. The molecule has 1 aromatic carbocycles. The average molecular weight is 306 g/mol. The van der Waals surface area contributed by atoms with E-state index in [1.807, 2.05) is 43.3 Å². The van der Waals surface area contributed by atoms with Crippen LogP contribution >= 0.6 is 11.8 Å². The Morgan fingerprint density at radius 1 is 1.24 bits per heavy atom. The Bertz CT molecular complexity index is 496. The molecule has 0 heterocycles. The van der Waals surface area contributed by atoms with Gasteiger partial charge in [0.15, 0.2) is 5.12 Å². The lowest BCUT2D eigenvalue weighted by molar-refractivity contribution is -0.146. The van der Waals surface area contributed by atoms with Crippen LogP contribution in [0.4, 0.5) is 0 Å². The van der Waals surface area contributed by atoms with Crippen LogP contribution in [-0.2, 0) is 20.9 Å². The van der Waals surface area contributed by atoms with Crippen molar-refractivity contribution >= 4 is 22.8 Å². The first-order valence-corrected chi connectivity index (χ1v) is 7.94. The fourth-order valence-corrected chi connectivity index (χ4v) is 2.59. The number of benzene rings is 1. The summed E-state index contributed by atoms with van der Waals surface area (Å²) in [7, 11) is 0. The molecule has 1 rings (SSSR count). The molecule has 0 unspecified atom stereocenters. The summed E-state index contributed by atoms with van der Waals surface area (Å²) in [6.45, 7) is 5.72. The predicted molar refractivity (Wildman–Crippen MR) is 87.0 cm³/mol. The molecule has 0 radical (unpaired) electrons. The van der Waals surface area contributed by atoms with Crippen molar-refractivity contribution in [3.63, 3.8) is 0 Å². The van der Waals surface area contributed by atoms with Crippen molar-refractivity contribution in [3.05, 3.63) is 48.0 Å². The molecule has 0 fully saturated rings.